The molecule has 0 radical (unpaired) electrons. The van der Waals surface area contributed by atoms with Crippen LogP contribution >= 0.6 is 22.8 Å². The van der Waals surface area contributed by atoms with Crippen LogP contribution < -0.4 is 4.74 Å². The van der Waals surface area contributed by atoms with Crippen LogP contribution in [0.5, 0.6) is 5.75 Å². The second-order valence-electron chi connectivity index (χ2n) is 2.55. The second-order valence-corrected chi connectivity index (χ2v) is 4.99. The van der Waals surface area contributed by atoms with Crippen LogP contribution in [0.1, 0.15) is 5.56 Å². The minimum atomic E-state index is 0.795. The Morgan fingerprint density at radius 2 is 2.00 bits per heavy atom. The first kappa shape index (κ1) is 10.0. The highest BCUT2D eigenvalue weighted by Gasteiger charge is 1.91. The molecule has 1 aromatic rings. The number of hydrogen-bond acceptors (Lipinski definition) is 1. The molecule has 1 nitrogen and oxygen atoms in total. The maximum absolute atomic E-state index is 5.48. The van der Waals surface area contributed by atoms with Gasteiger partial charge in [0.15, 0.2) is 0 Å². The number of ether oxygens (including phenoxy) is 1. The molecule has 66 valence electrons. The fraction of sp³-hybridized carbons (Fsp3) is 0.333. The van der Waals surface area contributed by atoms with E-state index in [1.807, 2.05) is 12.1 Å². The highest BCUT2D eigenvalue weighted by atomic mass is 79.9. The van der Waals surface area contributed by atoms with E-state index in [-0.39, 0.29) is 0 Å². The molecular weight excluding hydrogens is 235 g/mol. The largest absolute Gasteiger partial charge is 0.493 e. The van der Waals surface area contributed by atoms with Gasteiger partial charge in [-0.15, -0.1) is 0 Å². The molecule has 1 unspecified atom stereocenters. The highest BCUT2D eigenvalue weighted by molar-refractivity contribution is 9.36. The van der Waals surface area contributed by atoms with Gasteiger partial charge in [0.25, 0.3) is 0 Å². The lowest BCUT2D eigenvalue weighted by atomic mass is 10.2. The summed E-state index contributed by atoms with van der Waals surface area (Å²) in [6.07, 6.45) is 1.08. The summed E-state index contributed by atoms with van der Waals surface area (Å²) in [5.41, 5.74) is 1.27. The van der Waals surface area contributed by atoms with Crippen molar-refractivity contribution in [1.29, 1.82) is 0 Å². The van der Waals surface area contributed by atoms with Gasteiger partial charge in [-0.1, -0.05) is 33.2 Å². The number of halogens is 1. The molecular formula is C9H12BrOP. The molecule has 1 rings (SSSR count). The van der Waals surface area contributed by atoms with Gasteiger partial charge in [-0.05, 0) is 26.3 Å². The maximum Gasteiger partial charge on any atom is 0.119 e. The van der Waals surface area contributed by atoms with Crippen LogP contribution in [-0.4, -0.2) is 12.8 Å². The molecule has 0 bridgehead atoms. The van der Waals surface area contributed by atoms with Crippen molar-refractivity contribution in [3.05, 3.63) is 29.8 Å². The third-order valence-corrected chi connectivity index (χ3v) is 3.07. The van der Waals surface area contributed by atoms with E-state index < -0.39 is 0 Å². The molecule has 0 saturated carbocycles. The molecule has 0 amide bonds. The molecule has 0 aliphatic rings. The predicted molar refractivity (Wildman–Crippen MR) is 58.8 cm³/mol. The average Bonchev–Trinajstić information content (AvgIpc) is 2.09. The maximum atomic E-state index is 5.48. The van der Waals surface area contributed by atoms with Gasteiger partial charge >= 0.3 is 0 Å². The lowest BCUT2D eigenvalue weighted by Gasteiger charge is -2.04. The van der Waals surface area contributed by atoms with E-state index in [1.165, 1.54) is 5.56 Å². The highest BCUT2D eigenvalue weighted by Crippen LogP contribution is 2.19. The smallest absolute Gasteiger partial charge is 0.119 e. The lowest BCUT2D eigenvalue weighted by molar-refractivity contribution is 0.343. The van der Waals surface area contributed by atoms with Crippen molar-refractivity contribution < 1.29 is 4.74 Å². The summed E-state index contributed by atoms with van der Waals surface area (Å²) in [5, 5.41) is 0. The molecule has 0 saturated heterocycles. The molecule has 0 aromatic heterocycles. The number of aryl methyl sites for hydroxylation is 1. The minimum Gasteiger partial charge on any atom is -0.493 e. The van der Waals surface area contributed by atoms with Crippen LogP contribution in [0.15, 0.2) is 24.3 Å². The third kappa shape index (κ3) is 3.55. The summed E-state index contributed by atoms with van der Waals surface area (Å²) >= 11 is 3.38. The molecule has 0 N–H and O–H groups in total. The van der Waals surface area contributed by atoms with E-state index in [0.29, 0.717) is 0 Å². The Morgan fingerprint density at radius 3 is 2.58 bits per heavy atom. The Bertz CT molecular complexity index is 222. The van der Waals surface area contributed by atoms with Crippen molar-refractivity contribution >= 4 is 22.8 Å². The summed E-state index contributed by atoms with van der Waals surface area (Å²) in [7, 11) is 0.795. The van der Waals surface area contributed by atoms with Crippen LogP contribution in [0.25, 0.3) is 0 Å². The van der Waals surface area contributed by atoms with Crippen molar-refractivity contribution in [1.82, 2.24) is 0 Å². The van der Waals surface area contributed by atoms with E-state index in [2.05, 4.69) is 34.5 Å². The van der Waals surface area contributed by atoms with Gasteiger partial charge in [0.2, 0.25) is 0 Å². The monoisotopic (exact) mass is 246 g/mol. The van der Waals surface area contributed by atoms with E-state index >= 15 is 0 Å². The Morgan fingerprint density at radius 1 is 1.33 bits per heavy atom. The fourth-order valence-corrected chi connectivity index (χ4v) is 1.51. The number of hydrogen-bond donors (Lipinski definition) is 0. The van der Waals surface area contributed by atoms with Crippen molar-refractivity contribution in [3.63, 3.8) is 0 Å². The first-order valence-electron chi connectivity index (χ1n) is 3.86. The van der Waals surface area contributed by atoms with Crippen molar-refractivity contribution in [2.75, 3.05) is 12.8 Å². The SMILES string of the molecule is Cc1ccc(OCCPBr)cc1. The summed E-state index contributed by atoms with van der Waals surface area (Å²) in [6, 6.07) is 8.14. The molecule has 0 aliphatic carbocycles. The number of rotatable bonds is 4. The molecule has 0 heterocycles. The van der Waals surface area contributed by atoms with Crippen LogP contribution in [0.2, 0.25) is 0 Å². The van der Waals surface area contributed by atoms with E-state index in [0.717, 1.165) is 25.8 Å². The third-order valence-electron chi connectivity index (χ3n) is 1.49. The first-order valence-corrected chi connectivity index (χ1v) is 7.32. The van der Waals surface area contributed by atoms with E-state index in [9.17, 15) is 0 Å². The van der Waals surface area contributed by atoms with Gasteiger partial charge in [0, 0.05) is 6.16 Å². The van der Waals surface area contributed by atoms with Crippen molar-refractivity contribution in [2.24, 2.45) is 0 Å². The molecule has 3 heteroatoms. The van der Waals surface area contributed by atoms with Gasteiger partial charge in [-0.2, -0.15) is 0 Å². The van der Waals surface area contributed by atoms with Gasteiger partial charge in [-0.3, -0.25) is 0 Å². The van der Waals surface area contributed by atoms with Crippen LogP contribution in [0.4, 0.5) is 0 Å². The Hall–Kier alpha value is -0.0700. The normalized spacial score (nSPS) is 10.8. The van der Waals surface area contributed by atoms with Crippen molar-refractivity contribution in [2.45, 2.75) is 6.92 Å². The van der Waals surface area contributed by atoms with Gasteiger partial charge in [0.05, 0.1) is 6.61 Å². The minimum absolute atomic E-state index is 0.795. The molecule has 0 fully saturated rings. The lowest BCUT2D eigenvalue weighted by Crippen LogP contribution is -1.97. The van der Waals surface area contributed by atoms with E-state index in [4.69, 9.17) is 4.74 Å². The Balaban J connectivity index is 2.37. The van der Waals surface area contributed by atoms with Gasteiger partial charge in [-0.25, -0.2) is 0 Å². The van der Waals surface area contributed by atoms with Crippen LogP contribution in [0, 0.1) is 6.92 Å². The van der Waals surface area contributed by atoms with Crippen LogP contribution in [-0.2, 0) is 0 Å². The number of benzene rings is 1. The van der Waals surface area contributed by atoms with Gasteiger partial charge in [0.1, 0.15) is 5.75 Å². The summed E-state index contributed by atoms with van der Waals surface area (Å²) in [4.78, 5) is 0. The molecule has 1 atom stereocenters. The summed E-state index contributed by atoms with van der Waals surface area (Å²) in [5.74, 6) is 0.964. The fourth-order valence-electron chi connectivity index (χ4n) is 0.842. The zero-order chi connectivity index (χ0) is 8.81. The molecule has 0 spiro atoms. The topological polar surface area (TPSA) is 9.23 Å². The molecule has 12 heavy (non-hydrogen) atoms. The van der Waals surface area contributed by atoms with Gasteiger partial charge < -0.3 is 4.74 Å². The molecule has 1 aromatic carbocycles. The summed E-state index contributed by atoms with van der Waals surface area (Å²) in [6.45, 7) is 2.87. The van der Waals surface area contributed by atoms with E-state index in [1.54, 1.807) is 0 Å². The quantitative estimate of drug-likeness (QED) is 0.585. The molecule has 0 aliphatic heterocycles. The Labute approximate surface area is 83.0 Å². The Kier molecular flexibility index (Phi) is 4.63. The zero-order valence-electron chi connectivity index (χ0n) is 7.01. The van der Waals surface area contributed by atoms with Crippen molar-refractivity contribution in [3.8, 4) is 5.75 Å². The van der Waals surface area contributed by atoms with Crippen LogP contribution in [0.3, 0.4) is 0 Å². The zero-order valence-corrected chi connectivity index (χ0v) is 9.60. The standard InChI is InChI=1S/C9H12BrOP/c1-8-2-4-9(5-3-8)11-6-7-12-10/h2-5,12H,6-7H2,1H3. The first-order chi connectivity index (χ1) is 5.83. The second kappa shape index (κ2) is 5.55. The predicted octanol–water partition coefficient (Wildman–Crippen LogP) is 3.36. The summed E-state index contributed by atoms with van der Waals surface area (Å²) < 4.78 is 5.48. The average molecular weight is 247 g/mol.